The van der Waals surface area contributed by atoms with Gasteiger partial charge in [-0.1, -0.05) is 29.8 Å². The number of hydrogen-bond donors (Lipinski definition) is 0. The van der Waals surface area contributed by atoms with Gasteiger partial charge in [0.1, 0.15) is 4.90 Å². The van der Waals surface area contributed by atoms with Crippen molar-refractivity contribution >= 4 is 21.6 Å². The molecule has 1 aromatic carbocycles. The SMILES string of the molecule is Cc1nn(C)cc1S(=O)(=O)N1CCC[C@@H](c2cccc(Cc3ccc(Cl)cc3)n2)C1. The Labute approximate surface area is 182 Å². The molecule has 1 atom stereocenters. The maximum absolute atomic E-state index is 13.2. The van der Waals surface area contributed by atoms with Crippen molar-refractivity contribution < 1.29 is 8.42 Å². The Hall–Kier alpha value is -2.22. The molecule has 1 aliphatic heterocycles. The lowest BCUT2D eigenvalue weighted by molar-refractivity contribution is 0.312. The van der Waals surface area contributed by atoms with Crippen LogP contribution in [0, 0.1) is 6.92 Å². The Balaban J connectivity index is 1.53. The van der Waals surface area contributed by atoms with E-state index < -0.39 is 10.0 Å². The number of halogens is 1. The van der Waals surface area contributed by atoms with Gasteiger partial charge in [-0.15, -0.1) is 0 Å². The molecular formula is C22H25ClN4O2S. The van der Waals surface area contributed by atoms with Crippen LogP contribution in [0.15, 0.2) is 53.6 Å². The van der Waals surface area contributed by atoms with Crippen LogP contribution in [0.3, 0.4) is 0 Å². The van der Waals surface area contributed by atoms with Crippen molar-refractivity contribution in [3.63, 3.8) is 0 Å². The van der Waals surface area contributed by atoms with E-state index in [4.69, 9.17) is 16.6 Å². The minimum absolute atomic E-state index is 0.0793. The number of pyridine rings is 1. The minimum atomic E-state index is -3.57. The monoisotopic (exact) mass is 444 g/mol. The fourth-order valence-corrected chi connectivity index (χ4v) is 5.86. The fourth-order valence-electron chi connectivity index (χ4n) is 4.01. The molecule has 1 fully saturated rings. The van der Waals surface area contributed by atoms with E-state index in [9.17, 15) is 8.42 Å². The molecule has 3 aromatic rings. The van der Waals surface area contributed by atoms with E-state index in [1.807, 2.05) is 42.5 Å². The second-order valence-electron chi connectivity index (χ2n) is 7.81. The smallest absolute Gasteiger partial charge is 0.246 e. The summed E-state index contributed by atoms with van der Waals surface area (Å²) in [5.41, 5.74) is 3.59. The standard InChI is InChI=1S/C22H25ClN4O2S/c1-16-22(15-26(2)25-16)30(28,29)27-12-4-5-18(14-27)21-7-3-6-20(24-21)13-17-8-10-19(23)11-9-17/h3,6-11,15,18H,4-5,12-14H2,1-2H3/t18-/m1/s1. The van der Waals surface area contributed by atoms with Gasteiger partial charge in [0.25, 0.3) is 0 Å². The summed E-state index contributed by atoms with van der Waals surface area (Å²) in [6.45, 7) is 2.70. The van der Waals surface area contributed by atoms with E-state index >= 15 is 0 Å². The minimum Gasteiger partial charge on any atom is -0.274 e. The molecular weight excluding hydrogens is 420 g/mol. The average Bonchev–Trinajstić information content (AvgIpc) is 3.09. The summed E-state index contributed by atoms with van der Waals surface area (Å²) in [5, 5.41) is 4.91. The van der Waals surface area contributed by atoms with Crippen LogP contribution in [0.4, 0.5) is 0 Å². The molecule has 3 heterocycles. The van der Waals surface area contributed by atoms with E-state index in [-0.39, 0.29) is 10.8 Å². The Bertz CT molecular complexity index is 1140. The van der Waals surface area contributed by atoms with Gasteiger partial charge in [-0.05, 0) is 49.6 Å². The number of nitrogens with zero attached hydrogens (tertiary/aromatic N) is 4. The van der Waals surface area contributed by atoms with Crippen LogP contribution in [-0.2, 0) is 23.5 Å². The zero-order valence-corrected chi connectivity index (χ0v) is 18.7. The van der Waals surface area contributed by atoms with Crippen LogP contribution >= 0.6 is 11.6 Å². The molecule has 1 saturated heterocycles. The van der Waals surface area contributed by atoms with Crippen LogP contribution in [0.2, 0.25) is 5.02 Å². The van der Waals surface area contributed by atoms with Gasteiger partial charge in [-0.3, -0.25) is 9.67 Å². The van der Waals surface area contributed by atoms with Crippen LogP contribution in [0.1, 0.15) is 41.4 Å². The van der Waals surface area contributed by atoms with E-state index in [1.165, 1.54) is 0 Å². The number of rotatable bonds is 5. The van der Waals surface area contributed by atoms with Gasteiger partial charge in [0.2, 0.25) is 10.0 Å². The van der Waals surface area contributed by atoms with Gasteiger partial charge in [-0.25, -0.2) is 8.42 Å². The third-order valence-corrected chi connectivity index (χ3v) is 7.74. The fraction of sp³-hybridized carbons (Fsp3) is 0.364. The van der Waals surface area contributed by atoms with Crippen molar-refractivity contribution in [3.05, 3.63) is 76.3 Å². The quantitative estimate of drug-likeness (QED) is 0.597. The maximum Gasteiger partial charge on any atom is 0.246 e. The summed E-state index contributed by atoms with van der Waals surface area (Å²) in [5.74, 6) is 0.0793. The Morgan fingerprint density at radius 3 is 2.63 bits per heavy atom. The van der Waals surface area contributed by atoms with Gasteiger partial charge in [-0.2, -0.15) is 9.40 Å². The van der Waals surface area contributed by atoms with Crippen molar-refractivity contribution in [2.24, 2.45) is 7.05 Å². The van der Waals surface area contributed by atoms with Crippen molar-refractivity contribution in [1.82, 2.24) is 19.1 Å². The first-order valence-electron chi connectivity index (χ1n) is 10.0. The van der Waals surface area contributed by atoms with E-state index in [2.05, 4.69) is 5.10 Å². The molecule has 0 bridgehead atoms. The lowest BCUT2D eigenvalue weighted by Gasteiger charge is -2.31. The molecule has 4 rings (SSSR count). The summed E-state index contributed by atoms with van der Waals surface area (Å²) in [4.78, 5) is 5.14. The second-order valence-corrected chi connectivity index (χ2v) is 10.2. The molecule has 0 unspecified atom stereocenters. The van der Waals surface area contributed by atoms with E-state index in [0.717, 1.165) is 29.8 Å². The first-order chi connectivity index (χ1) is 14.3. The predicted molar refractivity (Wildman–Crippen MR) is 117 cm³/mol. The Kier molecular flexibility index (Phi) is 5.95. The van der Waals surface area contributed by atoms with Gasteiger partial charge < -0.3 is 0 Å². The molecule has 1 aliphatic rings. The van der Waals surface area contributed by atoms with Crippen molar-refractivity contribution in [3.8, 4) is 0 Å². The highest BCUT2D eigenvalue weighted by atomic mass is 35.5. The van der Waals surface area contributed by atoms with Crippen molar-refractivity contribution in [2.45, 2.75) is 37.0 Å². The zero-order chi connectivity index (χ0) is 21.3. The maximum atomic E-state index is 13.2. The lowest BCUT2D eigenvalue weighted by Crippen LogP contribution is -2.39. The van der Waals surface area contributed by atoms with Crippen LogP contribution < -0.4 is 0 Å². The normalized spacial score (nSPS) is 17.9. The number of benzene rings is 1. The largest absolute Gasteiger partial charge is 0.274 e. The molecule has 6 nitrogen and oxygen atoms in total. The first-order valence-corrected chi connectivity index (χ1v) is 11.9. The summed E-state index contributed by atoms with van der Waals surface area (Å²) < 4.78 is 29.5. The van der Waals surface area contributed by atoms with Crippen LogP contribution in [0.25, 0.3) is 0 Å². The molecule has 0 N–H and O–H groups in total. The van der Waals surface area contributed by atoms with Gasteiger partial charge >= 0.3 is 0 Å². The first kappa shape index (κ1) is 21.0. The number of hydrogen-bond acceptors (Lipinski definition) is 4. The lowest BCUT2D eigenvalue weighted by atomic mass is 9.95. The van der Waals surface area contributed by atoms with Gasteiger partial charge in [0.05, 0.1) is 5.69 Å². The average molecular weight is 445 g/mol. The third-order valence-electron chi connectivity index (χ3n) is 5.52. The summed E-state index contributed by atoms with van der Waals surface area (Å²) >= 11 is 5.97. The molecule has 158 valence electrons. The Morgan fingerprint density at radius 2 is 1.93 bits per heavy atom. The Morgan fingerprint density at radius 1 is 1.17 bits per heavy atom. The molecule has 0 saturated carbocycles. The van der Waals surface area contributed by atoms with Crippen molar-refractivity contribution in [2.75, 3.05) is 13.1 Å². The third kappa shape index (κ3) is 4.43. The highest BCUT2D eigenvalue weighted by molar-refractivity contribution is 7.89. The topological polar surface area (TPSA) is 68.1 Å². The second kappa shape index (κ2) is 8.49. The zero-order valence-electron chi connectivity index (χ0n) is 17.1. The number of aryl methyl sites for hydroxylation is 2. The number of sulfonamides is 1. The molecule has 8 heteroatoms. The van der Waals surface area contributed by atoms with Gasteiger partial charge in [0.15, 0.2) is 0 Å². The summed E-state index contributed by atoms with van der Waals surface area (Å²) in [7, 11) is -1.83. The van der Waals surface area contributed by atoms with E-state index in [0.29, 0.717) is 30.2 Å². The highest BCUT2D eigenvalue weighted by Crippen LogP contribution is 2.30. The summed E-state index contributed by atoms with van der Waals surface area (Å²) in [6.07, 6.45) is 4.04. The number of piperidine rings is 1. The van der Waals surface area contributed by atoms with Crippen molar-refractivity contribution in [1.29, 1.82) is 0 Å². The molecule has 30 heavy (non-hydrogen) atoms. The predicted octanol–water partition coefficient (Wildman–Crippen LogP) is 3.94. The van der Waals surface area contributed by atoms with Crippen LogP contribution in [-0.4, -0.2) is 40.6 Å². The van der Waals surface area contributed by atoms with Crippen LogP contribution in [0.5, 0.6) is 0 Å². The highest BCUT2D eigenvalue weighted by Gasteiger charge is 2.33. The van der Waals surface area contributed by atoms with Gasteiger partial charge in [0, 0.05) is 55.1 Å². The summed E-state index contributed by atoms with van der Waals surface area (Å²) in [6, 6.07) is 13.8. The molecule has 0 aliphatic carbocycles. The molecule has 2 aromatic heterocycles. The molecule has 0 radical (unpaired) electrons. The number of aromatic nitrogens is 3. The van der Waals surface area contributed by atoms with E-state index in [1.54, 1.807) is 29.2 Å². The molecule has 0 spiro atoms. The molecule has 0 amide bonds.